The van der Waals surface area contributed by atoms with Crippen LogP contribution in [0.3, 0.4) is 0 Å². The van der Waals surface area contributed by atoms with E-state index in [0.717, 1.165) is 42.0 Å². The largest absolute Gasteiger partial charge is 0.454 e. The maximum Gasteiger partial charge on any atom is 0.237 e. The third kappa shape index (κ3) is 1.83. The molecule has 0 aromatic heterocycles. The Labute approximate surface area is 141 Å². The van der Waals surface area contributed by atoms with Gasteiger partial charge in [-0.3, -0.25) is 4.79 Å². The summed E-state index contributed by atoms with van der Waals surface area (Å²) in [5.74, 6) is 1.74. The zero-order valence-electron chi connectivity index (χ0n) is 13.6. The fourth-order valence-electron chi connectivity index (χ4n) is 4.05. The Hall–Kier alpha value is -2.49. The number of fused-ring (bicyclic) bond motifs is 2. The molecular formula is C20H19NO3. The van der Waals surface area contributed by atoms with Crippen LogP contribution in [0, 0.1) is 0 Å². The highest BCUT2D eigenvalue weighted by Crippen LogP contribution is 2.53. The monoisotopic (exact) mass is 321 g/mol. The van der Waals surface area contributed by atoms with Gasteiger partial charge in [-0.1, -0.05) is 24.3 Å². The number of para-hydroxylation sites is 1. The normalized spacial score (nSPS) is 22.4. The van der Waals surface area contributed by atoms with Crippen molar-refractivity contribution >= 4 is 11.6 Å². The van der Waals surface area contributed by atoms with Crippen LogP contribution in [0.1, 0.15) is 30.9 Å². The molecule has 0 spiro atoms. The van der Waals surface area contributed by atoms with E-state index in [2.05, 4.69) is 19.1 Å². The fourth-order valence-corrected chi connectivity index (χ4v) is 4.05. The van der Waals surface area contributed by atoms with Gasteiger partial charge in [0, 0.05) is 11.7 Å². The van der Waals surface area contributed by atoms with Crippen molar-refractivity contribution in [3.05, 3.63) is 53.6 Å². The number of hydrogen-bond acceptors (Lipinski definition) is 3. The van der Waals surface area contributed by atoms with Gasteiger partial charge in [0.25, 0.3) is 0 Å². The quantitative estimate of drug-likeness (QED) is 0.851. The Morgan fingerprint density at radius 1 is 1.12 bits per heavy atom. The Kier molecular flexibility index (Phi) is 2.76. The van der Waals surface area contributed by atoms with E-state index in [9.17, 15) is 4.79 Å². The second-order valence-corrected chi connectivity index (χ2v) is 7.01. The molecule has 1 saturated carbocycles. The van der Waals surface area contributed by atoms with Gasteiger partial charge in [0.1, 0.15) is 0 Å². The van der Waals surface area contributed by atoms with Crippen LogP contribution in [-0.4, -0.2) is 18.7 Å². The molecule has 1 unspecified atom stereocenters. The van der Waals surface area contributed by atoms with E-state index < -0.39 is 5.41 Å². The summed E-state index contributed by atoms with van der Waals surface area (Å²) in [5.41, 5.74) is 2.99. The van der Waals surface area contributed by atoms with Crippen LogP contribution >= 0.6 is 0 Å². The highest BCUT2D eigenvalue weighted by molar-refractivity contribution is 6.05. The molecular weight excluding hydrogens is 302 g/mol. The number of nitrogens with zero attached hydrogens (tertiary/aromatic N) is 1. The Morgan fingerprint density at radius 3 is 2.75 bits per heavy atom. The van der Waals surface area contributed by atoms with Crippen LogP contribution in [0.5, 0.6) is 11.5 Å². The SMILES string of the molecule is CC1Cc2ccccc2N1C(=O)C1(c2ccc3c(c2)OCO3)CC1. The molecule has 2 aromatic carbocycles. The second kappa shape index (κ2) is 4.76. The molecule has 0 N–H and O–H groups in total. The number of amides is 1. The van der Waals surface area contributed by atoms with Crippen LogP contribution in [0.25, 0.3) is 0 Å². The molecule has 1 amide bonds. The van der Waals surface area contributed by atoms with E-state index in [1.54, 1.807) is 0 Å². The maximum absolute atomic E-state index is 13.5. The molecule has 24 heavy (non-hydrogen) atoms. The number of ether oxygens (including phenoxy) is 2. The zero-order chi connectivity index (χ0) is 16.3. The lowest BCUT2D eigenvalue weighted by atomic mass is 9.93. The average molecular weight is 321 g/mol. The van der Waals surface area contributed by atoms with Crippen LogP contribution < -0.4 is 14.4 Å². The molecule has 1 fully saturated rings. The Bertz CT molecular complexity index is 841. The lowest BCUT2D eigenvalue weighted by molar-refractivity contribution is -0.121. The van der Waals surface area contributed by atoms with Crippen molar-refractivity contribution in [3.8, 4) is 11.5 Å². The second-order valence-electron chi connectivity index (χ2n) is 7.01. The van der Waals surface area contributed by atoms with Gasteiger partial charge in [-0.2, -0.15) is 0 Å². The van der Waals surface area contributed by atoms with Crippen LogP contribution in [0.4, 0.5) is 5.69 Å². The number of hydrogen-bond donors (Lipinski definition) is 0. The minimum atomic E-state index is -0.396. The van der Waals surface area contributed by atoms with Crippen LogP contribution in [0.15, 0.2) is 42.5 Å². The van der Waals surface area contributed by atoms with E-state index in [1.807, 2.05) is 35.2 Å². The molecule has 2 aromatic rings. The first-order chi connectivity index (χ1) is 11.7. The summed E-state index contributed by atoms with van der Waals surface area (Å²) in [6.07, 6.45) is 2.73. The summed E-state index contributed by atoms with van der Waals surface area (Å²) in [7, 11) is 0. The van der Waals surface area contributed by atoms with Gasteiger partial charge < -0.3 is 14.4 Å². The molecule has 0 radical (unpaired) electrons. The zero-order valence-corrected chi connectivity index (χ0v) is 13.6. The molecule has 0 saturated heterocycles. The van der Waals surface area contributed by atoms with Gasteiger partial charge in [0.05, 0.1) is 5.41 Å². The molecule has 1 atom stereocenters. The van der Waals surface area contributed by atoms with E-state index in [1.165, 1.54) is 5.56 Å². The molecule has 0 bridgehead atoms. The van der Waals surface area contributed by atoms with Gasteiger partial charge in [0.2, 0.25) is 12.7 Å². The molecule has 2 heterocycles. The minimum Gasteiger partial charge on any atom is -0.454 e. The van der Waals surface area contributed by atoms with Crippen molar-refractivity contribution < 1.29 is 14.3 Å². The van der Waals surface area contributed by atoms with Gasteiger partial charge >= 0.3 is 0 Å². The van der Waals surface area contributed by atoms with Crippen molar-refractivity contribution in [2.45, 2.75) is 37.6 Å². The third-order valence-corrected chi connectivity index (χ3v) is 5.51. The van der Waals surface area contributed by atoms with Crippen molar-refractivity contribution in [1.29, 1.82) is 0 Å². The molecule has 3 aliphatic rings. The predicted molar refractivity (Wildman–Crippen MR) is 90.6 cm³/mol. The number of rotatable bonds is 2. The molecule has 4 heteroatoms. The number of carbonyl (C=O) groups is 1. The van der Waals surface area contributed by atoms with Gasteiger partial charge in [-0.15, -0.1) is 0 Å². The van der Waals surface area contributed by atoms with Crippen molar-refractivity contribution in [2.24, 2.45) is 0 Å². The first kappa shape index (κ1) is 13.9. The van der Waals surface area contributed by atoms with Crippen LogP contribution in [0.2, 0.25) is 0 Å². The number of anilines is 1. The number of benzene rings is 2. The van der Waals surface area contributed by atoms with Crippen molar-refractivity contribution in [1.82, 2.24) is 0 Å². The summed E-state index contributed by atoms with van der Waals surface area (Å²) in [6, 6.07) is 14.4. The van der Waals surface area contributed by atoms with Crippen molar-refractivity contribution in [3.63, 3.8) is 0 Å². The Balaban J connectivity index is 1.53. The summed E-state index contributed by atoms with van der Waals surface area (Å²) in [5, 5.41) is 0. The van der Waals surface area contributed by atoms with Gasteiger partial charge in [0.15, 0.2) is 11.5 Å². The third-order valence-electron chi connectivity index (χ3n) is 5.51. The van der Waals surface area contributed by atoms with E-state index in [0.29, 0.717) is 0 Å². The van der Waals surface area contributed by atoms with Gasteiger partial charge in [-0.05, 0) is 55.5 Å². The summed E-state index contributed by atoms with van der Waals surface area (Å²) in [4.78, 5) is 15.5. The number of carbonyl (C=O) groups excluding carboxylic acids is 1. The van der Waals surface area contributed by atoms with Crippen LogP contribution in [-0.2, 0) is 16.6 Å². The first-order valence-electron chi connectivity index (χ1n) is 8.51. The lowest BCUT2D eigenvalue weighted by Gasteiger charge is -2.28. The fraction of sp³-hybridized carbons (Fsp3) is 0.350. The maximum atomic E-state index is 13.5. The molecule has 122 valence electrons. The predicted octanol–water partition coefficient (Wildman–Crippen LogP) is 3.42. The highest BCUT2D eigenvalue weighted by atomic mass is 16.7. The standard InChI is InChI=1S/C20H19NO3/c1-13-10-14-4-2-3-5-16(14)21(13)19(22)20(8-9-20)15-6-7-17-18(11-15)24-12-23-17/h2-7,11,13H,8-10,12H2,1H3. The first-order valence-corrected chi connectivity index (χ1v) is 8.51. The summed E-state index contributed by atoms with van der Waals surface area (Å²) >= 11 is 0. The molecule has 1 aliphatic carbocycles. The summed E-state index contributed by atoms with van der Waals surface area (Å²) < 4.78 is 10.9. The molecule has 4 nitrogen and oxygen atoms in total. The topological polar surface area (TPSA) is 38.8 Å². The molecule has 5 rings (SSSR count). The average Bonchev–Trinajstić information content (AvgIpc) is 3.15. The molecule has 2 aliphatic heterocycles. The van der Waals surface area contributed by atoms with Crippen molar-refractivity contribution in [2.75, 3.05) is 11.7 Å². The smallest absolute Gasteiger partial charge is 0.237 e. The summed E-state index contributed by atoms with van der Waals surface area (Å²) in [6.45, 7) is 2.39. The van der Waals surface area contributed by atoms with E-state index >= 15 is 0 Å². The Morgan fingerprint density at radius 2 is 1.92 bits per heavy atom. The highest BCUT2D eigenvalue weighted by Gasteiger charge is 2.55. The van der Waals surface area contributed by atoms with E-state index in [-0.39, 0.29) is 18.7 Å². The lowest BCUT2D eigenvalue weighted by Crippen LogP contribution is -2.42. The minimum absolute atomic E-state index is 0.210. The van der Waals surface area contributed by atoms with Gasteiger partial charge in [-0.25, -0.2) is 0 Å². The van der Waals surface area contributed by atoms with E-state index in [4.69, 9.17) is 9.47 Å².